The lowest BCUT2D eigenvalue weighted by molar-refractivity contribution is -0.124. The third-order valence-electron chi connectivity index (χ3n) is 2.89. The fourth-order valence-corrected chi connectivity index (χ4v) is 1.65. The first-order chi connectivity index (χ1) is 7.11. The van der Waals surface area contributed by atoms with Gasteiger partial charge in [0.2, 0.25) is 5.91 Å². The van der Waals surface area contributed by atoms with E-state index in [-0.39, 0.29) is 23.8 Å². The molecule has 0 aromatic rings. The number of allylic oxidation sites excluding steroid dienone is 2. The van der Waals surface area contributed by atoms with Gasteiger partial charge in [0.05, 0.1) is 6.10 Å². The summed E-state index contributed by atoms with van der Waals surface area (Å²) in [6.45, 7) is 4.54. The van der Waals surface area contributed by atoms with Crippen molar-refractivity contribution >= 4 is 5.91 Å². The monoisotopic (exact) mass is 211 g/mol. The van der Waals surface area contributed by atoms with Crippen molar-refractivity contribution in [2.24, 2.45) is 11.8 Å². The normalized spacial score (nSPS) is 18.4. The number of carbonyl (C=O) groups is 1. The predicted octanol–water partition coefficient (Wildman–Crippen LogP) is 1.48. The molecule has 0 bridgehead atoms. The van der Waals surface area contributed by atoms with Gasteiger partial charge >= 0.3 is 0 Å². The van der Waals surface area contributed by atoms with E-state index in [4.69, 9.17) is 0 Å². The molecule has 0 spiro atoms. The van der Waals surface area contributed by atoms with Gasteiger partial charge in [0, 0.05) is 12.5 Å². The van der Waals surface area contributed by atoms with E-state index in [1.54, 1.807) is 0 Å². The number of amides is 1. The Morgan fingerprint density at radius 1 is 1.47 bits per heavy atom. The van der Waals surface area contributed by atoms with Crippen molar-refractivity contribution < 1.29 is 9.90 Å². The van der Waals surface area contributed by atoms with E-state index in [0.717, 1.165) is 12.8 Å². The SMILES string of the molecule is CC(C)C(O)CCNC(=O)C1CC=CC1. The Kier molecular flexibility index (Phi) is 4.82. The van der Waals surface area contributed by atoms with E-state index in [0.29, 0.717) is 13.0 Å². The maximum atomic E-state index is 11.6. The van der Waals surface area contributed by atoms with Crippen LogP contribution in [0.3, 0.4) is 0 Å². The fourth-order valence-electron chi connectivity index (χ4n) is 1.65. The van der Waals surface area contributed by atoms with Crippen LogP contribution in [0.25, 0.3) is 0 Å². The summed E-state index contributed by atoms with van der Waals surface area (Å²) < 4.78 is 0. The second kappa shape index (κ2) is 5.91. The van der Waals surface area contributed by atoms with Gasteiger partial charge in [-0.3, -0.25) is 4.79 Å². The summed E-state index contributed by atoms with van der Waals surface area (Å²) in [5.41, 5.74) is 0. The van der Waals surface area contributed by atoms with Gasteiger partial charge in [-0.15, -0.1) is 0 Å². The van der Waals surface area contributed by atoms with E-state index in [9.17, 15) is 9.90 Å². The van der Waals surface area contributed by atoms with Gasteiger partial charge in [-0.2, -0.15) is 0 Å². The summed E-state index contributed by atoms with van der Waals surface area (Å²) in [6, 6.07) is 0. The van der Waals surface area contributed by atoms with Crippen molar-refractivity contribution in [1.82, 2.24) is 5.32 Å². The molecule has 1 rings (SSSR count). The molecule has 2 N–H and O–H groups in total. The maximum absolute atomic E-state index is 11.6. The summed E-state index contributed by atoms with van der Waals surface area (Å²) >= 11 is 0. The van der Waals surface area contributed by atoms with Gasteiger partial charge < -0.3 is 10.4 Å². The second-order valence-corrected chi connectivity index (χ2v) is 4.53. The summed E-state index contributed by atoms with van der Waals surface area (Å²) in [5, 5.41) is 12.4. The number of carbonyl (C=O) groups excluding carboxylic acids is 1. The zero-order chi connectivity index (χ0) is 11.3. The lowest BCUT2D eigenvalue weighted by Gasteiger charge is -2.15. The van der Waals surface area contributed by atoms with Crippen LogP contribution in [-0.4, -0.2) is 23.7 Å². The van der Waals surface area contributed by atoms with Crippen LogP contribution < -0.4 is 5.32 Å². The quantitative estimate of drug-likeness (QED) is 0.677. The van der Waals surface area contributed by atoms with Crippen LogP contribution >= 0.6 is 0 Å². The molecule has 86 valence electrons. The minimum Gasteiger partial charge on any atom is -0.393 e. The third-order valence-corrected chi connectivity index (χ3v) is 2.89. The zero-order valence-corrected chi connectivity index (χ0v) is 9.57. The highest BCUT2D eigenvalue weighted by Gasteiger charge is 2.18. The first-order valence-corrected chi connectivity index (χ1v) is 5.72. The molecule has 0 radical (unpaired) electrons. The lowest BCUT2D eigenvalue weighted by Crippen LogP contribution is -2.32. The fraction of sp³-hybridized carbons (Fsp3) is 0.750. The van der Waals surface area contributed by atoms with Gasteiger partial charge in [0.15, 0.2) is 0 Å². The van der Waals surface area contributed by atoms with E-state index in [2.05, 4.69) is 5.32 Å². The van der Waals surface area contributed by atoms with Crippen molar-refractivity contribution in [1.29, 1.82) is 0 Å². The lowest BCUT2D eigenvalue weighted by atomic mass is 10.0. The number of nitrogens with one attached hydrogen (secondary N) is 1. The van der Waals surface area contributed by atoms with Crippen molar-refractivity contribution in [2.45, 2.75) is 39.2 Å². The molecule has 0 saturated carbocycles. The second-order valence-electron chi connectivity index (χ2n) is 4.53. The van der Waals surface area contributed by atoms with Gasteiger partial charge in [0.25, 0.3) is 0 Å². The van der Waals surface area contributed by atoms with Gasteiger partial charge in [-0.25, -0.2) is 0 Å². The largest absolute Gasteiger partial charge is 0.393 e. The van der Waals surface area contributed by atoms with Crippen LogP contribution in [-0.2, 0) is 4.79 Å². The van der Waals surface area contributed by atoms with E-state index in [1.807, 2.05) is 26.0 Å². The highest BCUT2D eigenvalue weighted by atomic mass is 16.3. The molecule has 15 heavy (non-hydrogen) atoms. The number of rotatable bonds is 5. The average molecular weight is 211 g/mol. The van der Waals surface area contributed by atoms with E-state index >= 15 is 0 Å². The average Bonchev–Trinajstić information content (AvgIpc) is 2.70. The van der Waals surface area contributed by atoms with Crippen molar-refractivity contribution in [2.75, 3.05) is 6.54 Å². The smallest absolute Gasteiger partial charge is 0.223 e. The Labute approximate surface area is 91.6 Å². The van der Waals surface area contributed by atoms with E-state index < -0.39 is 0 Å². The first-order valence-electron chi connectivity index (χ1n) is 5.72. The van der Waals surface area contributed by atoms with Crippen LogP contribution in [0.2, 0.25) is 0 Å². The topological polar surface area (TPSA) is 49.3 Å². The van der Waals surface area contributed by atoms with Gasteiger partial charge in [-0.1, -0.05) is 26.0 Å². The standard InChI is InChI=1S/C12H21NO2/c1-9(2)11(14)7-8-13-12(15)10-5-3-4-6-10/h3-4,9-11,14H,5-8H2,1-2H3,(H,13,15). The van der Waals surface area contributed by atoms with Gasteiger partial charge in [0.1, 0.15) is 0 Å². The zero-order valence-electron chi connectivity index (χ0n) is 9.57. The molecule has 1 atom stereocenters. The maximum Gasteiger partial charge on any atom is 0.223 e. The van der Waals surface area contributed by atoms with Crippen LogP contribution in [0.15, 0.2) is 12.2 Å². The molecule has 0 saturated heterocycles. The minimum absolute atomic E-state index is 0.121. The Hall–Kier alpha value is -0.830. The summed E-state index contributed by atoms with van der Waals surface area (Å²) in [6.07, 6.45) is 6.15. The van der Waals surface area contributed by atoms with Gasteiger partial charge in [-0.05, 0) is 25.2 Å². The Bertz CT molecular complexity index is 228. The Morgan fingerprint density at radius 3 is 2.60 bits per heavy atom. The number of hydrogen-bond acceptors (Lipinski definition) is 2. The number of aliphatic hydroxyl groups is 1. The molecule has 0 heterocycles. The molecular weight excluding hydrogens is 190 g/mol. The summed E-state index contributed by atoms with van der Waals surface area (Å²) in [7, 11) is 0. The molecular formula is C12H21NO2. The first kappa shape index (κ1) is 12.2. The molecule has 1 unspecified atom stereocenters. The molecule has 1 aliphatic carbocycles. The summed E-state index contributed by atoms with van der Waals surface area (Å²) in [5.74, 6) is 0.507. The molecule has 1 amide bonds. The molecule has 0 fully saturated rings. The Morgan fingerprint density at radius 2 is 2.07 bits per heavy atom. The number of aliphatic hydroxyl groups excluding tert-OH is 1. The van der Waals surface area contributed by atoms with E-state index in [1.165, 1.54) is 0 Å². The minimum atomic E-state index is -0.313. The van der Waals surface area contributed by atoms with Crippen LogP contribution in [0.5, 0.6) is 0 Å². The van der Waals surface area contributed by atoms with Crippen molar-refractivity contribution in [3.8, 4) is 0 Å². The molecule has 3 heteroatoms. The van der Waals surface area contributed by atoms with Crippen molar-refractivity contribution in [3.63, 3.8) is 0 Å². The molecule has 0 aromatic carbocycles. The Balaban J connectivity index is 2.12. The molecule has 3 nitrogen and oxygen atoms in total. The van der Waals surface area contributed by atoms with Crippen LogP contribution in [0.1, 0.15) is 33.1 Å². The molecule has 0 aliphatic heterocycles. The highest BCUT2D eigenvalue weighted by molar-refractivity contribution is 5.79. The van der Waals surface area contributed by atoms with Crippen molar-refractivity contribution in [3.05, 3.63) is 12.2 Å². The van der Waals surface area contributed by atoms with Crippen LogP contribution in [0, 0.1) is 11.8 Å². The number of hydrogen-bond donors (Lipinski definition) is 2. The van der Waals surface area contributed by atoms with Crippen LogP contribution in [0.4, 0.5) is 0 Å². The molecule has 1 aliphatic rings. The molecule has 0 aromatic heterocycles. The predicted molar refractivity (Wildman–Crippen MR) is 60.3 cm³/mol. The third kappa shape index (κ3) is 4.04. The summed E-state index contributed by atoms with van der Waals surface area (Å²) in [4.78, 5) is 11.6. The highest BCUT2D eigenvalue weighted by Crippen LogP contribution is 2.17.